The molecule has 0 saturated carbocycles. The maximum absolute atomic E-state index is 13.1. The summed E-state index contributed by atoms with van der Waals surface area (Å²) in [5, 5.41) is 11.0. The molecular formula is C19H14FN3O5. The zero-order chi connectivity index (χ0) is 20.1. The maximum atomic E-state index is 13.1. The molecule has 0 radical (unpaired) electrons. The number of hydrogen-bond donors (Lipinski definition) is 2. The van der Waals surface area contributed by atoms with Crippen molar-refractivity contribution in [1.29, 1.82) is 0 Å². The number of halogens is 1. The van der Waals surface area contributed by atoms with Gasteiger partial charge in [-0.1, -0.05) is 30.3 Å². The second-order valence-electron chi connectivity index (χ2n) is 5.75. The average Bonchev–Trinajstić information content (AvgIpc) is 2.64. The van der Waals surface area contributed by atoms with Crippen LogP contribution in [0.3, 0.4) is 0 Å². The third-order valence-electron chi connectivity index (χ3n) is 3.75. The summed E-state index contributed by atoms with van der Waals surface area (Å²) in [6, 6.07) is 12.8. The molecule has 2 aromatic carbocycles. The Balaban J connectivity index is 1.73. The van der Waals surface area contributed by atoms with Gasteiger partial charge in [0.1, 0.15) is 23.9 Å². The molecule has 1 aromatic heterocycles. The van der Waals surface area contributed by atoms with Crippen molar-refractivity contribution in [3.05, 3.63) is 102 Å². The van der Waals surface area contributed by atoms with E-state index in [0.717, 1.165) is 0 Å². The molecule has 0 bridgehead atoms. The van der Waals surface area contributed by atoms with Crippen LogP contribution in [0.15, 0.2) is 58.1 Å². The molecule has 28 heavy (non-hydrogen) atoms. The van der Waals surface area contributed by atoms with Gasteiger partial charge in [-0.2, -0.15) is 0 Å². The maximum Gasteiger partial charge on any atom is 0.357 e. The van der Waals surface area contributed by atoms with Crippen LogP contribution < -0.4 is 16.0 Å². The quantitative estimate of drug-likeness (QED) is 0.501. The molecule has 3 rings (SSSR count). The molecule has 0 unspecified atom stereocenters. The molecule has 8 nitrogen and oxygen atoms in total. The highest BCUT2D eigenvalue weighted by atomic mass is 19.1. The number of ether oxygens (including phenoxy) is 1. The fraction of sp³-hybridized carbons (Fsp3) is 0.0526. The fourth-order valence-electron chi connectivity index (χ4n) is 2.45. The number of aromatic amines is 2. The minimum Gasteiger partial charge on any atom is -0.489 e. The van der Waals surface area contributed by atoms with E-state index in [1.807, 2.05) is 4.98 Å². The first kappa shape index (κ1) is 18.8. The molecule has 0 aliphatic carbocycles. The highest BCUT2D eigenvalue weighted by Crippen LogP contribution is 2.17. The molecule has 0 aliphatic heterocycles. The van der Waals surface area contributed by atoms with E-state index >= 15 is 0 Å². The van der Waals surface area contributed by atoms with Gasteiger partial charge in [0, 0.05) is 0 Å². The first-order valence-corrected chi connectivity index (χ1v) is 8.09. The summed E-state index contributed by atoms with van der Waals surface area (Å²) < 4.78 is 18.7. The van der Waals surface area contributed by atoms with Crippen molar-refractivity contribution >= 4 is 17.8 Å². The number of nitro groups is 1. The number of nitrogens with one attached hydrogen (secondary N) is 2. The molecule has 3 aromatic rings. The Kier molecular flexibility index (Phi) is 5.45. The summed E-state index contributed by atoms with van der Waals surface area (Å²) in [6.07, 6.45) is 2.78. The van der Waals surface area contributed by atoms with Crippen molar-refractivity contribution in [3.63, 3.8) is 0 Å². The molecule has 0 amide bonds. The summed E-state index contributed by atoms with van der Waals surface area (Å²) in [7, 11) is 0. The monoisotopic (exact) mass is 383 g/mol. The van der Waals surface area contributed by atoms with Crippen LogP contribution in [0.4, 0.5) is 10.1 Å². The van der Waals surface area contributed by atoms with E-state index in [9.17, 15) is 24.1 Å². The van der Waals surface area contributed by atoms with Crippen molar-refractivity contribution in [3.8, 4) is 5.75 Å². The molecule has 142 valence electrons. The number of hydrogen-bond acceptors (Lipinski definition) is 5. The van der Waals surface area contributed by atoms with Gasteiger partial charge < -0.3 is 9.72 Å². The van der Waals surface area contributed by atoms with Gasteiger partial charge in [0.2, 0.25) is 0 Å². The summed E-state index contributed by atoms with van der Waals surface area (Å²) >= 11 is 0. The molecule has 0 saturated heterocycles. The molecule has 0 atom stereocenters. The number of rotatable bonds is 6. The van der Waals surface area contributed by atoms with E-state index < -0.39 is 21.9 Å². The van der Waals surface area contributed by atoms with Crippen molar-refractivity contribution in [2.24, 2.45) is 0 Å². The van der Waals surface area contributed by atoms with Crippen molar-refractivity contribution in [2.45, 2.75) is 6.61 Å². The predicted molar refractivity (Wildman–Crippen MR) is 100 cm³/mol. The number of H-pyrrole nitrogens is 2. The molecular weight excluding hydrogens is 369 g/mol. The zero-order valence-electron chi connectivity index (χ0n) is 14.3. The standard InChI is InChI=1S/C19H14FN3O5/c20-14-3-1-2-13(10-14)11-28-15-7-4-12(5-8-15)6-9-16-17(23(26)27)18(24)22-19(25)21-16/h1-10H,11H2,(H2,21,22,24,25). The van der Waals surface area contributed by atoms with Crippen LogP contribution in [0.1, 0.15) is 16.8 Å². The van der Waals surface area contributed by atoms with Crippen molar-refractivity contribution in [1.82, 2.24) is 9.97 Å². The normalized spacial score (nSPS) is 10.9. The van der Waals surface area contributed by atoms with E-state index in [-0.39, 0.29) is 18.1 Å². The Bertz CT molecular complexity index is 1150. The van der Waals surface area contributed by atoms with Crippen LogP contribution >= 0.6 is 0 Å². The number of nitrogens with zero attached hydrogens (tertiary/aromatic N) is 1. The van der Waals surface area contributed by atoms with E-state index in [4.69, 9.17) is 4.74 Å². The van der Waals surface area contributed by atoms with E-state index in [1.54, 1.807) is 36.4 Å². The minimum atomic E-state index is -1.07. The largest absolute Gasteiger partial charge is 0.489 e. The highest BCUT2D eigenvalue weighted by molar-refractivity contribution is 5.71. The van der Waals surface area contributed by atoms with Crippen LogP contribution in [0.25, 0.3) is 12.2 Å². The Morgan fingerprint density at radius 1 is 1.07 bits per heavy atom. The van der Waals surface area contributed by atoms with E-state index in [2.05, 4.69) is 4.98 Å². The molecule has 9 heteroatoms. The lowest BCUT2D eigenvalue weighted by atomic mass is 10.2. The first-order chi connectivity index (χ1) is 13.4. The van der Waals surface area contributed by atoms with Gasteiger partial charge in [-0.25, -0.2) is 9.18 Å². The lowest BCUT2D eigenvalue weighted by molar-refractivity contribution is -0.386. The lowest BCUT2D eigenvalue weighted by Gasteiger charge is -2.06. The SMILES string of the molecule is O=c1[nH]c(C=Cc2ccc(OCc3cccc(F)c3)cc2)c([N+](=O)[O-])c(=O)[nH]1. The van der Waals surface area contributed by atoms with Crippen molar-refractivity contribution in [2.75, 3.05) is 0 Å². The summed E-state index contributed by atoms with van der Waals surface area (Å²) in [5.74, 6) is 0.213. The molecule has 0 spiro atoms. The fourth-order valence-corrected chi connectivity index (χ4v) is 2.45. The Hall–Kier alpha value is -4.01. The predicted octanol–water partition coefficient (Wildman–Crippen LogP) is 2.86. The van der Waals surface area contributed by atoms with Gasteiger partial charge in [0.25, 0.3) is 0 Å². The first-order valence-electron chi connectivity index (χ1n) is 8.09. The summed E-state index contributed by atoms with van der Waals surface area (Å²) in [6.45, 7) is 0.202. The average molecular weight is 383 g/mol. The molecule has 2 N–H and O–H groups in total. The van der Waals surface area contributed by atoms with Crippen LogP contribution in [-0.2, 0) is 6.61 Å². The van der Waals surface area contributed by atoms with Gasteiger partial charge in [0.05, 0.1) is 4.92 Å². The topological polar surface area (TPSA) is 118 Å². The summed E-state index contributed by atoms with van der Waals surface area (Å²) in [5.41, 5.74) is -1.51. The Morgan fingerprint density at radius 3 is 2.50 bits per heavy atom. The van der Waals surface area contributed by atoms with Gasteiger partial charge in [-0.15, -0.1) is 0 Å². The van der Waals surface area contributed by atoms with Crippen LogP contribution in [0, 0.1) is 15.9 Å². The highest BCUT2D eigenvalue weighted by Gasteiger charge is 2.18. The second-order valence-corrected chi connectivity index (χ2v) is 5.75. The van der Waals surface area contributed by atoms with Crippen LogP contribution in [-0.4, -0.2) is 14.9 Å². The van der Waals surface area contributed by atoms with E-state index in [0.29, 0.717) is 16.9 Å². The Morgan fingerprint density at radius 2 is 1.82 bits per heavy atom. The minimum absolute atomic E-state index is 0.202. The third kappa shape index (κ3) is 4.58. The van der Waals surface area contributed by atoms with Gasteiger partial charge in [0.15, 0.2) is 0 Å². The smallest absolute Gasteiger partial charge is 0.357 e. The van der Waals surface area contributed by atoms with Gasteiger partial charge in [-0.05, 0) is 41.5 Å². The molecule has 0 aliphatic rings. The second kappa shape index (κ2) is 8.12. The lowest BCUT2D eigenvalue weighted by Crippen LogP contribution is -2.25. The third-order valence-corrected chi connectivity index (χ3v) is 3.75. The summed E-state index contributed by atoms with van der Waals surface area (Å²) in [4.78, 5) is 37.1. The van der Waals surface area contributed by atoms with E-state index in [1.165, 1.54) is 24.3 Å². The molecule has 1 heterocycles. The van der Waals surface area contributed by atoms with Crippen molar-refractivity contribution < 1.29 is 14.1 Å². The van der Waals surface area contributed by atoms with Crippen LogP contribution in [0.5, 0.6) is 5.75 Å². The van der Waals surface area contributed by atoms with Crippen LogP contribution in [0.2, 0.25) is 0 Å². The number of benzene rings is 2. The number of aromatic nitrogens is 2. The van der Waals surface area contributed by atoms with Gasteiger partial charge >= 0.3 is 16.9 Å². The molecule has 0 fully saturated rings. The zero-order valence-corrected chi connectivity index (χ0v) is 14.3. The van der Waals surface area contributed by atoms with Gasteiger partial charge in [-0.3, -0.25) is 19.9 Å². The Labute approximate surface area is 157 Å².